The number of anilines is 5. The van der Waals surface area contributed by atoms with Crippen molar-refractivity contribution < 1.29 is 29.4 Å². The summed E-state index contributed by atoms with van der Waals surface area (Å²) in [6, 6.07) is 42.9. The summed E-state index contributed by atoms with van der Waals surface area (Å²) in [6.45, 7) is 5.72. The van der Waals surface area contributed by atoms with Crippen molar-refractivity contribution in [1.82, 2.24) is 15.5 Å². The number of nitrogens with zero attached hydrogens (tertiary/aromatic N) is 6. The molecule has 0 bridgehead atoms. The van der Waals surface area contributed by atoms with Crippen molar-refractivity contribution in [1.29, 1.82) is 0 Å². The van der Waals surface area contributed by atoms with E-state index in [4.69, 9.17) is 0 Å². The molecule has 5 aromatic carbocycles. The molecule has 2 atom stereocenters. The Kier molecular flexibility index (Phi) is 13.1. The molecule has 2 spiro atoms. The van der Waals surface area contributed by atoms with Gasteiger partial charge < -0.3 is 40.4 Å². The zero-order valence-corrected chi connectivity index (χ0v) is 39.8. The Balaban J connectivity index is 0.971. The number of piperidine rings is 2. The highest BCUT2D eigenvalue weighted by Gasteiger charge is 2.56. The molecule has 10 rings (SSSR count). The Morgan fingerprint density at radius 2 is 1.17 bits per heavy atom. The fraction of sp³-hybridized carbons (Fsp3) is 0.357. The number of rotatable bonds is 14. The van der Waals surface area contributed by atoms with Gasteiger partial charge in [0.1, 0.15) is 11.1 Å². The second kappa shape index (κ2) is 19.5. The second-order valence-electron chi connectivity index (χ2n) is 19.3. The summed E-state index contributed by atoms with van der Waals surface area (Å²) in [4.78, 5) is 69.5. The normalized spacial score (nSPS) is 21.1. The summed E-state index contributed by atoms with van der Waals surface area (Å²) < 4.78 is 0. The number of benzene rings is 5. The van der Waals surface area contributed by atoms with Crippen LogP contribution in [0.4, 0.5) is 28.4 Å². The molecule has 14 heteroatoms. The van der Waals surface area contributed by atoms with Crippen molar-refractivity contribution in [3.63, 3.8) is 0 Å². The van der Waals surface area contributed by atoms with E-state index in [1.165, 1.54) is 0 Å². The van der Waals surface area contributed by atoms with Gasteiger partial charge in [0.15, 0.2) is 5.60 Å². The summed E-state index contributed by atoms with van der Waals surface area (Å²) in [6.07, 6.45) is 6.01. The van der Waals surface area contributed by atoms with Gasteiger partial charge in [-0.2, -0.15) is 0 Å². The summed E-state index contributed by atoms with van der Waals surface area (Å²) in [7, 11) is 0. The molecule has 0 aromatic heterocycles. The van der Waals surface area contributed by atoms with Crippen LogP contribution in [0, 0.1) is 5.92 Å². The zero-order chi connectivity index (χ0) is 48.5. The maximum absolute atomic E-state index is 15.2. The first-order valence-corrected chi connectivity index (χ1v) is 24.7. The molecule has 5 aromatic rings. The Bertz CT molecular complexity index is 2740. The molecule has 4 fully saturated rings. The van der Waals surface area contributed by atoms with Gasteiger partial charge in [-0.05, 0) is 118 Å². The SMILES string of the molecule is C[C@H](/C=C/CC(=O)N(CCO)Cc1ccccc1)[C@@]1(O)C(=O)N(Cc2cccc(N3CN(c4ccccc4)C4(CCNCC4)C3=O)c2)c2ccc(N3CN(c4ccccc4)C4(CCNCC4)C3=O)cc21. The van der Waals surface area contributed by atoms with E-state index in [1.54, 1.807) is 39.8 Å². The standard InChI is InChI=1S/C56H62N8O6/c1-41(13-11-22-50(66)59(33-34-65)37-42-14-5-2-6-15-42)56(70)48-36-47(62-40-64(45-19-9-4-10-20-45)55(52(62)68)27-31-58-32-28-55)23-24-49(48)60(53(56)69)38-43-16-12-21-46(35-43)61-39-63(44-17-7-3-8-18-44)54(51(61)67)25-29-57-30-26-54/h2-21,23-24,35-36,41,57-58,65,70H,22,25-34,37-40H2,1H3/b13-11+/t41-,56+/m1/s1. The fourth-order valence-electron chi connectivity index (χ4n) is 11.5. The van der Waals surface area contributed by atoms with Crippen LogP contribution in [0.15, 0.2) is 146 Å². The molecule has 4 saturated heterocycles. The molecule has 5 heterocycles. The van der Waals surface area contributed by atoms with Gasteiger partial charge in [-0.25, -0.2) is 0 Å². The van der Waals surface area contributed by atoms with Crippen LogP contribution in [0.3, 0.4) is 0 Å². The lowest BCUT2D eigenvalue weighted by molar-refractivity contribution is -0.139. The number of hydrogen-bond donors (Lipinski definition) is 4. The third-order valence-electron chi connectivity index (χ3n) is 15.3. The quantitative estimate of drug-likeness (QED) is 0.0993. The number of carbonyl (C=O) groups excluding carboxylic acids is 4. The number of aliphatic hydroxyl groups is 2. The van der Waals surface area contributed by atoms with Gasteiger partial charge >= 0.3 is 0 Å². The van der Waals surface area contributed by atoms with Gasteiger partial charge in [-0.3, -0.25) is 29.0 Å². The molecule has 70 heavy (non-hydrogen) atoms. The van der Waals surface area contributed by atoms with Crippen LogP contribution in [0.5, 0.6) is 0 Å². The van der Waals surface area contributed by atoms with Crippen LogP contribution in [-0.4, -0.2) is 102 Å². The van der Waals surface area contributed by atoms with Gasteiger partial charge in [0.25, 0.3) is 17.7 Å². The van der Waals surface area contributed by atoms with Crippen molar-refractivity contribution in [2.24, 2.45) is 5.92 Å². The van der Waals surface area contributed by atoms with E-state index in [1.807, 2.05) is 120 Å². The molecule has 0 radical (unpaired) electrons. The van der Waals surface area contributed by atoms with Crippen LogP contribution < -0.4 is 35.1 Å². The number of aliphatic hydroxyl groups excluding tert-OH is 1. The lowest BCUT2D eigenvalue weighted by Crippen LogP contribution is -2.55. The van der Waals surface area contributed by atoms with Crippen molar-refractivity contribution in [2.75, 3.05) is 77.2 Å². The van der Waals surface area contributed by atoms with E-state index < -0.39 is 28.5 Å². The minimum Gasteiger partial charge on any atom is -0.395 e. The molecule has 4 N–H and O–H groups in total. The van der Waals surface area contributed by atoms with Gasteiger partial charge in [0.2, 0.25) is 5.91 Å². The smallest absolute Gasteiger partial charge is 0.264 e. The third kappa shape index (κ3) is 8.31. The zero-order valence-electron chi connectivity index (χ0n) is 39.8. The summed E-state index contributed by atoms with van der Waals surface area (Å²) in [5.41, 5.74) is 2.31. The summed E-state index contributed by atoms with van der Waals surface area (Å²) >= 11 is 0. The number of para-hydroxylation sites is 2. The number of amides is 4. The molecule has 0 aliphatic carbocycles. The maximum atomic E-state index is 15.2. The van der Waals surface area contributed by atoms with Crippen LogP contribution in [0.25, 0.3) is 0 Å². The van der Waals surface area contributed by atoms with E-state index in [-0.39, 0.29) is 43.8 Å². The van der Waals surface area contributed by atoms with Crippen molar-refractivity contribution in [3.8, 4) is 0 Å². The predicted molar refractivity (Wildman–Crippen MR) is 272 cm³/mol. The first-order chi connectivity index (χ1) is 34.1. The van der Waals surface area contributed by atoms with E-state index in [0.717, 1.165) is 41.3 Å². The number of nitrogens with one attached hydrogen (secondary N) is 2. The molecule has 4 amide bonds. The van der Waals surface area contributed by atoms with E-state index in [2.05, 4.69) is 32.6 Å². The van der Waals surface area contributed by atoms with Gasteiger partial charge in [-0.15, -0.1) is 0 Å². The Morgan fingerprint density at radius 1 is 0.657 bits per heavy atom. The van der Waals surface area contributed by atoms with E-state index in [0.29, 0.717) is 75.6 Å². The number of carbonyl (C=O) groups is 4. The average molecular weight is 943 g/mol. The highest BCUT2D eigenvalue weighted by molar-refractivity contribution is 6.10. The van der Waals surface area contributed by atoms with Crippen molar-refractivity contribution >= 4 is 52.1 Å². The van der Waals surface area contributed by atoms with Crippen LogP contribution in [-0.2, 0) is 37.9 Å². The fourth-order valence-corrected chi connectivity index (χ4v) is 11.5. The van der Waals surface area contributed by atoms with Crippen LogP contribution >= 0.6 is 0 Å². The molecular formula is C56H62N8O6. The number of hydrogen-bond acceptors (Lipinski definition) is 10. The summed E-state index contributed by atoms with van der Waals surface area (Å²) in [5, 5.41) is 29.7. The minimum atomic E-state index is -2.08. The minimum absolute atomic E-state index is 0.00585. The molecule has 5 aliphatic rings. The van der Waals surface area contributed by atoms with Gasteiger partial charge in [0, 0.05) is 53.7 Å². The molecule has 0 unspecified atom stereocenters. The third-order valence-corrected chi connectivity index (χ3v) is 15.3. The van der Waals surface area contributed by atoms with Gasteiger partial charge in [-0.1, -0.05) is 97.9 Å². The van der Waals surface area contributed by atoms with Crippen LogP contribution in [0.1, 0.15) is 55.7 Å². The molecule has 14 nitrogen and oxygen atoms in total. The second-order valence-corrected chi connectivity index (χ2v) is 19.3. The highest BCUT2D eigenvalue weighted by atomic mass is 16.3. The average Bonchev–Trinajstić information content (AvgIpc) is 3.92. The van der Waals surface area contributed by atoms with Crippen molar-refractivity contribution in [3.05, 3.63) is 162 Å². The molecule has 362 valence electrons. The maximum Gasteiger partial charge on any atom is 0.264 e. The van der Waals surface area contributed by atoms with Crippen molar-refractivity contribution in [2.45, 2.75) is 68.8 Å². The monoisotopic (exact) mass is 942 g/mol. The number of fused-ring (bicyclic) bond motifs is 1. The Morgan fingerprint density at radius 3 is 1.73 bits per heavy atom. The van der Waals surface area contributed by atoms with E-state index >= 15 is 4.79 Å². The highest BCUT2D eigenvalue weighted by Crippen LogP contribution is 2.49. The Labute approximate surface area is 409 Å². The lowest BCUT2D eigenvalue weighted by atomic mass is 9.82. The topological polar surface area (TPSA) is 152 Å². The molecular weight excluding hydrogens is 881 g/mol. The Hall–Kier alpha value is -6.84. The first kappa shape index (κ1) is 46.9. The van der Waals surface area contributed by atoms with Gasteiger partial charge in [0.05, 0.1) is 32.2 Å². The summed E-state index contributed by atoms with van der Waals surface area (Å²) in [5.74, 6) is -1.52. The first-order valence-electron chi connectivity index (χ1n) is 24.7. The largest absolute Gasteiger partial charge is 0.395 e. The van der Waals surface area contributed by atoms with E-state index in [9.17, 15) is 24.6 Å². The molecule has 5 aliphatic heterocycles. The van der Waals surface area contributed by atoms with Crippen LogP contribution in [0.2, 0.25) is 0 Å². The lowest BCUT2D eigenvalue weighted by Gasteiger charge is -2.39. The predicted octanol–water partition coefficient (Wildman–Crippen LogP) is 5.89. The molecule has 0 saturated carbocycles.